The van der Waals surface area contributed by atoms with Crippen molar-refractivity contribution >= 4 is 17.7 Å². The van der Waals surface area contributed by atoms with Gasteiger partial charge in [-0.15, -0.1) is 0 Å². The van der Waals surface area contributed by atoms with Gasteiger partial charge in [0.2, 0.25) is 5.91 Å². The van der Waals surface area contributed by atoms with Gasteiger partial charge in [0, 0.05) is 6.07 Å². The molecular weight excluding hydrogens is 286 g/mol. The van der Waals surface area contributed by atoms with Crippen LogP contribution in [0.5, 0.6) is 5.75 Å². The molecule has 120 valence electrons. The average Bonchev–Trinajstić information content (AvgIpc) is 3.17. The summed E-state index contributed by atoms with van der Waals surface area (Å²) < 4.78 is 10.2. The fourth-order valence-corrected chi connectivity index (χ4v) is 1.88. The lowest BCUT2D eigenvalue weighted by Crippen LogP contribution is -2.47. The third kappa shape index (κ3) is 4.09. The van der Waals surface area contributed by atoms with Crippen LogP contribution in [-0.4, -0.2) is 35.2 Å². The Bertz CT molecular complexity index is 576. The maximum atomic E-state index is 12.3. The molecule has 1 heterocycles. The van der Waals surface area contributed by atoms with Crippen molar-refractivity contribution in [2.75, 3.05) is 12.4 Å². The fourth-order valence-electron chi connectivity index (χ4n) is 1.88. The molecule has 0 atom stereocenters. The molecule has 1 saturated carbocycles. The third-order valence-corrected chi connectivity index (χ3v) is 3.13. The number of aromatic nitrogens is 1. The Morgan fingerprint density at radius 2 is 1.95 bits per heavy atom. The van der Waals surface area contributed by atoms with E-state index in [9.17, 15) is 9.59 Å². The Labute approximate surface area is 129 Å². The molecule has 0 spiro atoms. The van der Waals surface area contributed by atoms with Crippen LogP contribution in [0.25, 0.3) is 0 Å². The average molecular weight is 307 g/mol. The molecule has 1 aliphatic carbocycles. The highest BCUT2D eigenvalue weighted by atomic mass is 16.6. The van der Waals surface area contributed by atoms with Crippen LogP contribution in [0.15, 0.2) is 18.5 Å². The lowest BCUT2D eigenvalue weighted by atomic mass is 10.2. The summed E-state index contributed by atoms with van der Waals surface area (Å²) in [6.07, 6.45) is 3.63. The Morgan fingerprint density at radius 1 is 1.27 bits per heavy atom. The number of carbonyl (C=O) groups excluding carboxylic acids is 2. The van der Waals surface area contributed by atoms with Crippen molar-refractivity contribution in [1.29, 1.82) is 0 Å². The van der Waals surface area contributed by atoms with Crippen LogP contribution < -0.4 is 15.4 Å². The molecule has 0 radical (unpaired) electrons. The summed E-state index contributed by atoms with van der Waals surface area (Å²) in [6.45, 7) is 5.32. The zero-order valence-electron chi connectivity index (χ0n) is 13.2. The topological polar surface area (TPSA) is 89.5 Å². The predicted octanol–water partition coefficient (Wildman–Crippen LogP) is 2.09. The number of amides is 2. The van der Waals surface area contributed by atoms with Crippen LogP contribution in [0.1, 0.15) is 33.6 Å². The number of nitrogens with one attached hydrogen (secondary N) is 2. The summed E-state index contributed by atoms with van der Waals surface area (Å²) in [7, 11) is 1.52. The van der Waals surface area contributed by atoms with Crippen LogP contribution in [0.3, 0.4) is 0 Å². The van der Waals surface area contributed by atoms with E-state index in [4.69, 9.17) is 9.47 Å². The summed E-state index contributed by atoms with van der Waals surface area (Å²) >= 11 is 0. The van der Waals surface area contributed by atoms with Gasteiger partial charge in [-0.25, -0.2) is 4.79 Å². The maximum absolute atomic E-state index is 12.3. The lowest BCUT2D eigenvalue weighted by molar-refractivity contribution is -0.119. The van der Waals surface area contributed by atoms with E-state index in [1.165, 1.54) is 13.3 Å². The number of hydrogen-bond donors (Lipinski definition) is 2. The second-order valence-electron chi connectivity index (χ2n) is 6.28. The molecule has 2 rings (SSSR count). The Balaban J connectivity index is 1.98. The molecule has 0 saturated heterocycles. The lowest BCUT2D eigenvalue weighted by Gasteiger charge is -2.23. The first-order valence-corrected chi connectivity index (χ1v) is 7.06. The molecule has 7 heteroatoms. The van der Waals surface area contributed by atoms with Gasteiger partial charge < -0.3 is 20.1 Å². The van der Waals surface area contributed by atoms with Crippen LogP contribution >= 0.6 is 0 Å². The van der Waals surface area contributed by atoms with Crippen molar-refractivity contribution in [3.63, 3.8) is 0 Å². The van der Waals surface area contributed by atoms with E-state index >= 15 is 0 Å². The number of methoxy groups -OCH3 is 1. The monoisotopic (exact) mass is 307 g/mol. The van der Waals surface area contributed by atoms with Crippen molar-refractivity contribution in [3.8, 4) is 5.75 Å². The molecule has 2 N–H and O–H groups in total. The number of rotatable bonds is 4. The first-order chi connectivity index (χ1) is 10.2. The van der Waals surface area contributed by atoms with Crippen LogP contribution in [-0.2, 0) is 9.53 Å². The predicted molar refractivity (Wildman–Crippen MR) is 80.8 cm³/mol. The Hall–Kier alpha value is -2.31. The van der Waals surface area contributed by atoms with Gasteiger partial charge in [0.15, 0.2) is 0 Å². The number of pyridine rings is 1. The van der Waals surface area contributed by atoms with Crippen molar-refractivity contribution in [2.45, 2.75) is 44.8 Å². The first kappa shape index (κ1) is 16.1. The van der Waals surface area contributed by atoms with Crippen LogP contribution in [0.4, 0.5) is 10.5 Å². The number of ether oxygens (including phenoxy) is 2. The van der Waals surface area contributed by atoms with Crippen LogP contribution in [0.2, 0.25) is 0 Å². The fraction of sp³-hybridized carbons (Fsp3) is 0.533. The minimum atomic E-state index is -0.897. The van der Waals surface area contributed by atoms with E-state index < -0.39 is 17.2 Å². The van der Waals surface area contributed by atoms with Gasteiger partial charge >= 0.3 is 6.09 Å². The van der Waals surface area contributed by atoms with Gasteiger partial charge in [0.1, 0.15) is 16.9 Å². The van der Waals surface area contributed by atoms with Gasteiger partial charge in [-0.3, -0.25) is 9.78 Å². The minimum absolute atomic E-state index is 0.284. The first-order valence-electron chi connectivity index (χ1n) is 7.06. The molecule has 7 nitrogen and oxygen atoms in total. The van der Waals surface area contributed by atoms with Crippen molar-refractivity contribution in [1.82, 2.24) is 10.3 Å². The zero-order valence-corrected chi connectivity index (χ0v) is 13.2. The number of alkyl carbamates (subject to hydrolysis) is 1. The van der Waals surface area contributed by atoms with Gasteiger partial charge in [0.25, 0.3) is 0 Å². The Morgan fingerprint density at radius 3 is 2.50 bits per heavy atom. The molecule has 0 unspecified atom stereocenters. The molecule has 0 aliphatic heterocycles. The highest BCUT2D eigenvalue weighted by Gasteiger charge is 2.52. The SMILES string of the molecule is COc1cncc(NC(=O)C2(NC(=O)OC(C)(C)C)CC2)c1. The molecule has 1 aromatic rings. The van der Waals surface area contributed by atoms with E-state index in [1.54, 1.807) is 33.0 Å². The van der Waals surface area contributed by atoms with Gasteiger partial charge in [-0.05, 0) is 33.6 Å². The molecule has 1 aromatic heterocycles. The largest absolute Gasteiger partial charge is 0.495 e. The second kappa shape index (κ2) is 5.82. The van der Waals surface area contributed by atoms with E-state index in [1.807, 2.05) is 0 Å². The summed E-state index contributed by atoms with van der Waals surface area (Å²) in [5.41, 5.74) is -0.986. The number of hydrogen-bond acceptors (Lipinski definition) is 5. The highest BCUT2D eigenvalue weighted by Crippen LogP contribution is 2.37. The smallest absolute Gasteiger partial charge is 0.408 e. The summed E-state index contributed by atoms with van der Waals surface area (Å²) in [4.78, 5) is 28.1. The van der Waals surface area contributed by atoms with E-state index in [0.717, 1.165) is 0 Å². The highest BCUT2D eigenvalue weighted by molar-refractivity contribution is 6.02. The minimum Gasteiger partial charge on any atom is -0.495 e. The maximum Gasteiger partial charge on any atom is 0.408 e. The van der Waals surface area contributed by atoms with E-state index in [0.29, 0.717) is 24.3 Å². The van der Waals surface area contributed by atoms with Crippen molar-refractivity contribution in [2.24, 2.45) is 0 Å². The Kier molecular flexibility index (Phi) is 4.25. The molecule has 1 aliphatic rings. The number of anilines is 1. The molecule has 0 aromatic carbocycles. The molecular formula is C15H21N3O4. The molecule has 0 bridgehead atoms. The van der Waals surface area contributed by atoms with E-state index in [-0.39, 0.29) is 5.91 Å². The van der Waals surface area contributed by atoms with Crippen molar-refractivity contribution in [3.05, 3.63) is 18.5 Å². The molecule has 22 heavy (non-hydrogen) atoms. The summed E-state index contributed by atoms with van der Waals surface area (Å²) in [5.74, 6) is 0.260. The second-order valence-corrected chi connectivity index (χ2v) is 6.28. The number of nitrogens with zero attached hydrogens (tertiary/aromatic N) is 1. The number of carbonyl (C=O) groups is 2. The van der Waals surface area contributed by atoms with Crippen LogP contribution in [0, 0.1) is 0 Å². The van der Waals surface area contributed by atoms with E-state index in [2.05, 4.69) is 15.6 Å². The molecule has 1 fully saturated rings. The quantitative estimate of drug-likeness (QED) is 0.889. The molecule has 2 amide bonds. The summed E-state index contributed by atoms with van der Waals surface area (Å²) in [5, 5.41) is 5.38. The summed E-state index contributed by atoms with van der Waals surface area (Å²) in [6, 6.07) is 1.66. The van der Waals surface area contributed by atoms with Gasteiger partial charge in [0.05, 0.1) is 25.2 Å². The third-order valence-electron chi connectivity index (χ3n) is 3.13. The van der Waals surface area contributed by atoms with Gasteiger partial charge in [-0.1, -0.05) is 0 Å². The van der Waals surface area contributed by atoms with Crippen molar-refractivity contribution < 1.29 is 19.1 Å². The standard InChI is InChI=1S/C15H21N3O4/c1-14(2,3)22-13(20)18-15(5-6-15)12(19)17-10-7-11(21-4)9-16-8-10/h7-9H,5-6H2,1-4H3,(H,17,19)(H,18,20). The van der Waals surface area contributed by atoms with Gasteiger partial charge in [-0.2, -0.15) is 0 Å². The zero-order chi connectivity index (χ0) is 16.4. The normalized spacial score (nSPS) is 15.6.